The Morgan fingerprint density at radius 1 is 1.24 bits per heavy atom. The monoisotopic (exact) mass is 407 g/mol. The Labute approximate surface area is 173 Å². The zero-order valence-corrected chi connectivity index (χ0v) is 17.4. The van der Waals surface area contributed by atoms with E-state index in [0.29, 0.717) is 23.7 Å². The van der Waals surface area contributed by atoms with Crippen molar-refractivity contribution in [3.8, 4) is 5.75 Å². The summed E-state index contributed by atoms with van der Waals surface area (Å²) in [6.07, 6.45) is 6.08. The number of ether oxygens (including phenoxy) is 1. The van der Waals surface area contributed by atoms with Gasteiger partial charge >= 0.3 is 0 Å². The summed E-state index contributed by atoms with van der Waals surface area (Å²) in [5, 5.41) is 9.08. The minimum Gasteiger partial charge on any atom is -0.480 e. The van der Waals surface area contributed by atoms with Gasteiger partial charge in [0.15, 0.2) is 6.10 Å². The molecule has 1 aromatic carbocycles. The lowest BCUT2D eigenvalue weighted by Crippen LogP contribution is -2.44. The quantitative estimate of drug-likeness (QED) is 0.512. The van der Waals surface area contributed by atoms with Gasteiger partial charge in [0.1, 0.15) is 11.6 Å². The van der Waals surface area contributed by atoms with Crippen molar-refractivity contribution in [3.05, 3.63) is 29.6 Å². The number of nitrogens with zero attached hydrogens (tertiary/aromatic N) is 2. The first kappa shape index (κ1) is 22.0. The number of halogens is 1. The molecule has 1 aromatic rings. The first-order valence-corrected chi connectivity index (χ1v) is 10.9. The van der Waals surface area contributed by atoms with Crippen LogP contribution in [0.25, 0.3) is 0 Å². The zero-order valence-electron chi connectivity index (χ0n) is 17.4. The maximum atomic E-state index is 13.5. The molecular weight excluding hydrogens is 373 g/mol. The first-order valence-electron chi connectivity index (χ1n) is 10.9. The number of hydrogen-bond acceptors (Lipinski definition) is 5. The van der Waals surface area contributed by atoms with Crippen LogP contribution in [0.5, 0.6) is 5.75 Å². The highest BCUT2D eigenvalue weighted by Gasteiger charge is 2.26. The van der Waals surface area contributed by atoms with Gasteiger partial charge in [-0.1, -0.05) is 6.42 Å². The lowest BCUT2D eigenvalue weighted by atomic mass is 9.96. The van der Waals surface area contributed by atoms with Gasteiger partial charge in [0, 0.05) is 26.1 Å². The van der Waals surface area contributed by atoms with Crippen molar-refractivity contribution in [1.82, 2.24) is 15.3 Å². The van der Waals surface area contributed by atoms with Crippen LogP contribution < -0.4 is 10.2 Å². The second-order valence-corrected chi connectivity index (χ2v) is 8.45. The molecule has 0 spiro atoms. The third-order valence-corrected chi connectivity index (χ3v) is 6.09. The van der Waals surface area contributed by atoms with Crippen molar-refractivity contribution >= 4 is 5.91 Å². The molecule has 2 aliphatic heterocycles. The van der Waals surface area contributed by atoms with Crippen LogP contribution in [0, 0.1) is 18.7 Å². The number of nitrogens with one attached hydrogen (secondary N) is 1. The number of carbonyl (C=O) groups is 1. The zero-order chi connectivity index (χ0) is 20.6. The van der Waals surface area contributed by atoms with E-state index in [4.69, 9.17) is 9.94 Å². The number of benzene rings is 1. The van der Waals surface area contributed by atoms with Crippen molar-refractivity contribution in [2.45, 2.75) is 51.6 Å². The summed E-state index contributed by atoms with van der Waals surface area (Å²) < 4.78 is 19.2. The number of hydrogen-bond donors (Lipinski definition) is 2. The fraction of sp³-hybridized carbons (Fsp3) is 0.682. The number of piperidine rings is 2. The van der Waals surface area contributed by atoms with Crippen LogP contribution in [0.15, 0.2) is 18.2 Å². The smallest absolute Gasteiger partial charge is 0.284 e. The molecule has 0 aromatic heterocycles. The Bertz CT molecular complexity index is 667. The molecule has 29 heavy (non-hydrogen) atoms. The molecular formula is C22H34FN3O3. The first-order chi connectivity index (χ1) is 14.0. The minimum absolute atomic E-state index is 0.312. The SMILES string of the molecule is Cc1cc(O[C@H](CCN2CCC[C@@H](CN3CCCCC3)C2)C(=O)NO)ccc1F. The largest absolute Gasteiger partial charge is 0.480 e. The van der Waals surface area contributed by atoms with Gasteiger partial charge < -0.3 is 14.5 Å². The predicted molar refractivity (Wildman–Crippen MR) is 110 cm³/mol. The summed E-state index contributed by atoms with van der Waals surface area (Å²) >= 11 is 0. The van der Waals surface area contributed by atoms with Crippen molar-refractivity contribution in [2.75, 3.05) is 39.3 Å². The van der Waals surface area contributed by atoms with Crippen LogP contribution in [0.3, 0.4) is 0 Å². The highest BCUT2D eigenvalue weighted by atomic mass is 19.1. The summed E-state index contributed by atoms with van der Waals surface area (Å²) in [6.45, 7) is 8.07. The molecule has 2 atom stereocenters. The lowest BCUT2D eigenvalue weighted by Gasteiger charge is -2.37. The van der Waals surface area contributed by atoms with Gasteiger partial charge in [0.25, 0.3) is 5.91 Å². The Balaban J connectivity index is 1.51. The van der Waals surface area contributed by atoms with Gasteiger partial charge in [-0.25, -0.2) is 9.87 Å². The Hall–Kier alpha value is -1.70. The van der Waals surface area contributed by atoms with Crippen LogP contribution in [0.2, 0.25) is 0 Å². The second-order valence-electron chi connectivity index (χ2n) is 8.45. The Morgan fingerprint density at radius 3 is 2.72 bits per heavy atom. The Morgan fingerprint density at radius 2 is 2.00 bits per heavy atom. The molecule has 0 saturated carbocycles. The minimum atomic E-state index is -0.813. The summed E-state index contributed by atoms with van der Waals surface area (Å²) in [5.74, 6) is 0.217. The molecule has 0 bridgehead atoms. The van der Waals surface area contributed by atoms with E-state index in [0.717, 1.165) is 19.6 Å². The number of likely N-dealkylation sites (tertiary alicyclic amines) is 2. The number of carbonyl (C=O) groups excluding carboxylic acids is 1. The second kappa shape index (κ2) is 10.9. The molecule has 0 aliphatic carbocycles. The van der Waals surface area contributed by atoms with Crippen molar-refractivity contribution in [2.24, 2.45) is 5.92 Å². The van der Waals surface area contributed by atoms with E-state index in [1.165, 1.54) is 63.9 Å². The molecule has 1 amide bonds. The van der Waals surface area contributed by atoms with E-state index in [1.807, 2.05) is 0 Å². The molecule has 2 aliphatic rings. The van der Waals surface area contributed by atoms with Crippen LogP contribution in [0.4, 0.5) is 4.39 Å². The fourth-order valence-electron chi connectivity index (χ4n) is 4.48. The number of hydroxylamine groups is 1. The van der Waals surface area contributed by atoms with Gasteiger partial charge in [-0.2, -0.15) is 0 Å². The molecule has 0 radical (unpaired) electrons. The maximum Gasteiger partial charge on any atom is 0.284 e. The van der Waals surface area contributed by atoms with E-state index in [1.54, 1.807) is 18.5 Å². The van der Waals surface area contributed by atoms with Gasteiger partial charge in [0.05, 0.1) is 0 Å². The summed E-state index contributed by atoms with van der Waals surface area (Å²) in [7, 11) is 0. The lowest BCUT2D eigenvalue weighted by molar-refractivity contribution is -0.137. The maximum absolute atomic E-state index is 13.5. The molecule has 2 saturated heterocycles. The number of aryl methyl sites for hydroxylation is 1. The molecule has 6 nitrogen and oxygen atoms in total. The number of amides is 1. The van der Waals surface area contributed by atoms with Crippen LogP contribution in [0.1, 0.15) is 44.1 Å². The highest BCUT2D eigenvalue weighted by molar-refractivity contribution is 5.79. The van der Waals surface area contributed by atoms with Gasteiger partial charge in [0.2, 0.25) is 0 Å². The molecule has 2 N–H and O–H groups in total. The van der Waals surface area contributed by atoms with Gasteiger partial charge in [-0.3, -0.25) is 10.0 Å². The third kappa shape index (κ3) is 6.66. The van der Waals surface area contributed by atoms with Crippen LogP contribution in [-0.2, 0) is 4.79 Å². The van der Waals surface area contributed by atoms with Crippen molar-refractivity contribution < 1.29 is 19.1 Å². The Kier molecular flexibility index (Phi) is 8.27. The van der Waals surface area contributed by atoms with Gasteiger partial charge in [-0.15, -0.1) is 0 Å². The summed E-state index contributed by atoms with van der Waals surface area (Å²) in [4.78, 5) is 17.1. The third-order valence-electron chi connectivity index (χ3n) is 6.09. The van der Waals surface area contributed by atoms with Gasteiger partial charge in [-0.05, 0) is 81.9 Å². The van der Waals surface area contributed by atoms with E-state index < -0.39 is 12.0 Å². The topological polar surface area (TPSA) is 65.0 Å². The molecule has 2 fully saturated rings. The van der Waals surface area contributed by atoms with Crippen molar-refractivity contribution in [1.29, 1.82) is 0 Å². The molecule has 162 valence electrons. The average Bonchev–Trinajstić information content (AvgIpc) is 2.74. The normalized spacial score (nSPS) is 22.2. The van der Waals surface area contributed by atoms with E-state index >= 15 is 0 Å². The predicted octanol–water partition coefficient (Wildman–Crippen LogP) is 2.97. The molecule has 7 heteroatoms. The molecule has 0 unspecified atom stereocenters. The molecule has 3 rings (SSSR count). The van der Waals surface area contributed by atoms with E-state index in [-0.39, 0.29) is 5.82 Å². The highest BCUT2D eigenvalue weighted by Crippen LogP contribution is 2.22. The number of rotatable bonds is 8. The summed E-state index contributed by atoms with van der Waals surface area (Å²) in [6, 6.07) is 4.41. The van der Waals surface area contributed by atoms with Crippen LogP contribution >= 0.6 is 0 Å². The average molecular weight is 408 g/mol. The van der Waals surface area contributed by atoms with E-state index in [2.05, 4.69) is 9.80 Å². The van der Waals surface area contributed by atoms with Crippen LogP contribution in [-0.4, -0.2) is 66.3 Å². The van der Waals surface area contributed by atoms with Crippen molar-refractivity contribution in [3.63, 3.8) is 0 Å². The van der Waals surface area contributed by atoms with E-state index in [9.17, 15) is 9.18 Å². The molecule has 2 heterocycles. The fourth-order valence-corrected chi connectivity index (χ4v) is 4.48. The summed E-state index contributed by atoms with van der Waals surface area (Å²) in [5.41, 5.74) is 2.16. The standard InChI is InChI=1S/C22H34FN3O3/c1-17-14-19(7-8-20(17)23)29-21(22(27)24-28)9-13-26-12-5-6-18(16-26)15-25-10-3-2-4-11-25/h7-8,14,18,21,28H,2-6,9-13,15-16H2,1H3,(H,24,27)/t18-,21+/m0/s1.